The van der Waals surface area contributed by atoms with E-state index in [2.05, 4.69) is 0 Å². The number of hydrogen-bond donors (Lipinski definition) is 3. The van der Waals surface area contributed by atoms with Gasteiger partial charge in [0.2, 0.25) is 0 Å². The van der Waals surface area contributed by atoms with Crippen LogP contribution in [0.4, 0.5) is 0 Å². The van der Waals surface area contributed by atoms with Gasteiger partial charge in [-0.1, -0.05) is 12.1 Å². The van der Waals surface area contributed by atoms with Gasteiger partial charge >= 0.3 is 7.60 Å². The molecule has 0 heterocycles. The van der Waals surface area contributed by atoms with Crippen molar-refractivity contribution in [3.63, 3.8) is 0 Å². The van der Waals surface area contributed by atoms with E-state index in [9.17, 15) is 4.57 Å². The van der Waals surface area contributed by atoms with Crippen LogP contribution < -0.4 is 10.5 Å². The van der Waals surface area contributed by atoms with Crippen LogP contribution in [0.5, 0.6) is 5.75 Å². The van der Waals surface area contributed by atoms with Crippen LogP contribution in [0.25, 0.3) is 0 Å². The number of methoxy groups -OCH3 is 1. The Morgan fingerprint density at radius 2 is 1.93 bits per heavy atom. The van der Waals surface area contributed by atoms with Crippen molar-refractivity contribution in [1.29, 1.82) is 0 Å². The Balaban J connectivity index is 2.69. The van der Waals surface area contributed by atoms with Crippen molar-refractivity contribution < 1.29 is 19.1 Å². The molecule has 0 radical (unpaired) electrons. The van der Waals surface area contributed by atoms with E-state index in [0.717, 1.165) is 5.56 Å². The van der Waals surface area contributed by atoms with E-state index in [0.29, 0.717) is 5.75 Å². The van der Waals surface area contributed by atoms with Crippen molar-refractivity contribution in [2.45, 2.75) is 12.2 Å². The largest absolute Gasteiger partial charge is 0.497 e. The van der Waals surface area contributed by atoms with Crippen molar-refractivity contribution in [1.82, 2.24) is 0 Å². The lowest BCUT2D eigenvalue weighted by Crippen LogP contribution is -2.22. The molecule has 0 fully saturated rings. The minimum Gasteiger partial charge on any atom is -0.497 e. The monoisotopic (exact) mass is 231 g/mol. The van der Waals surface area contributed by atoms with Crippen molar-refractivity contribution in [3.8, 4) is 5.75 Å². The normalized spacial score (nSPS) is 13.6. The van der Waals surface area contributed by atoms with Gasteiger partial charge in [-0.05, 0) is 24.1 Å². The van der Waals surface area contributed by atoms with Crippen molar-refractivity contribution in [3.05, 3.63) is 29.8 Å². The molecular formula is C9H14NO4P. The Morgan fingerprint density at radius 1 is 1.40 bits per heavy atom. The summed E-state index contributed by atoms with van der Waals surface area (Å²) in [4.78, 5) is 17.6. The topological polar surface area (TPSA) is 92.8 Å². The predicted molar refractivity (Wildman–Crippen MR) is 56.7 cm³/mol. The molecule has 0 bridgehead atoms. The van der Waals surface area contributed by atoms with Gasteiger partial charge in [0.25, 0.3) is 0 Å². The molecule has 1 aromatic carbocycles. The maximum atomic E-state index is 10.8. The first-order valence-electron chi connectivity index (χ1n) is 4.37. The second kappa shape index (κ2) is 4.77. The zero-order chi connectivity index (χ0) is 11.5. The van der Waals surface area contributed by atoms with E-state index >= 15 is 0 Å². The molecule has 4 N–H and O–H groups in total. The van der Waals surface area contributed by atoms with Gasteiger partial charge in [0.15, 0.2) is 0 Å². The minimum atomic E-state index is -4.19. The van der Waals surface area contributed by atoms with Crippen LogP contribution in [-0.4, -0.2) is 22.7 Å². The van der Waals surface area contributed by atoms with Crippen LogP contribution in [0.1, 0.15) is 5.56 Å². The smallest absolute Gasteiger partial charge is 0.342 e. The molecule has 5 nitrogen and oxygen atoms in total. The summed E-state index contributed by atoms with van der Waals surface area (Å²) in [6.45, 7) is 0. The van der Waals surface area contributed by atoms with Crippen LogP contribution in [0.15, 0.2) is 24.3 Å². The summed E-state index contributed by atoms with van der Waals surface area (Å²) >= 11 is 0. The average Bonchev–Trinajstić information content (AvgIpc) is 2.17. The van der Waals surface area contributed by atoms with E-state index in [1.54, 1.807) is 31.4 Å². The number of rotatable bonds is 4. The first kappa shape index (κ1) is 12.2. The van der Waals surface area contributed by atoms with Gasteiger partial charge in [0, 0.05) is 0 Å². The molecule has 0 amide bonds. The average molecular weight is 231 g/mol. The number of hydrogen-bond acceptors (Lipinski definition) is 3. The molecule has 1 rings (SSSR count). The maximum Gasteiger partial charge on any atom is 0.342 e. The van der Waals surface area contributed by atoms with Crippen LogP contribution in [0.2, 0.25) is 0 Å². The second-order valence-electron chi connectivity index (χ2n) is 3.21. The van der Waals surface area contributed by atoms with Crippen molar-refractivity contribution >= 4 is 7.60 Å². The van der Waals surface area contributed by atoms with Gasteiger partial charge in [0.1, 0.15) is 11.5 Å². The van der Waals surface area contributed by atoms with Gasteiger partial charge in [-0.2, -0.15) is 0 Å². The first-order valence-corrected chi connectivity index (χ1v) is 6.05. The Hall–Kier alpha value is -0.870. The van der Waals surface area contributed by atoms with Crippen LogP contribution in [0.3, 0.4) is 0 Å². The van der Waals surface area contributed by atoms with E-state index < -0.39 is 13.4 Å². The molecule has 84 valence electrons. The second-order valence-corrected chi connectivity index (χ2v) is 5.05. The molecule has 1 atom stereocenters. The third-order valence-electron chi connectivity index (χ3n) is 2.04. The fourth-order valence-electron chi connectivity index (χ4n) is 1.12. The minimum absolute atomic E-state index is 0.147. The summed E-state index contributed by atoms with van der Waals surface area (Å²) in [5, 5.41) is 0. The molecule has 0 aliphatic heterocycles. The zero-order valence-corrected chi connectivity index (χ0v) is 9.22. The van der Waals surface area contributed by atoms with E-state index in [1.807, 2.05) is 0 Å². The summed E-state index contributed by atoms with van der Waals surface area (Å²) in [6, 6.07) is 6.91. The Labute approximate surface area is 88.0 Å². The summed E-state index contributed by atoms with van der Waals surface area (Å²) in [6.07, 6.45) is 0.147. The molecule has 1 aromatic rings. The SMILES string of the molecule is COc1ccc(CC(N)P(=O)(O)O)cc1. The van der Waals surface area contributed by atoms with Crippen LogP contribution in [-0.2, 0) is 11.0 Å². The van der Waals surface area contributed by atoms with Crippen LogP contribution in [0, 0.1) is 0 Å². The molecule has 1 unspecified atom stereocenters. The molecule has 0 aliphatic carbocycles. The summed E-state index contributed by atoms with van der Waals surface area (Å²) in [5.41, 5.74) is 6.13. The highest BCUT2D eigenvalue weighted by Gasteiger charge is 2.24. The molecule has 0 spiro atoms. The van der Waals surface area contributed by atoms with E-state index in [4.69, 9.17) is 20.3 Å². The van der Waals surface area contributed by atoms with Crippen molar-refractivity contribution in [2.75, 3.05) is 7.11 Å². The molecule has 0 aromatic heterocycles. The first-order chi connectivity index (χ1) is 6.93. The number of benzene rings is 1. The Kier molecular flexibility index (Phi) is 3.88. The van der Waals surface area contributed by atoms with Crippen molar-refractivity contribution in [2.24, 2.45) is 5.73 Å². The number of nitrogens with two attached hydrogens (primary N) is 1. The lowest BCUT2D eigenvalue weighted by atomic mass is 10.1. The van der Waals surface area contributed by atoms with Gasteiger partial charge in [-0.15, -0.1) is 0 Å². The third kappa shape index (κ3) is 3.64. The van der Waals surface area contributed by atoms with Crippen LogP contribution >= 0.6 is 7.60 Å². The van der Waals surface area contributed by atoms with Gasteiger partial charge < -0.3 is 20.3 Å². The fourth-order valence-corrected chi connectivity index (χ4v) is 1.57. The molecule has 0 aliphatic rings. The highest BCUT2D eigenvalue weighted by Crippen LogP contribution is 2.39. The number of ether oxygens (including phenoxy) is 1. The Morgan fingerprint density at radius 3 is 2.33 bits per heavy atom. The highest BCUT2D eigenvalue weighted by molar-refractivity contribution is 7.52. The quantitative estimate of drug-likeness (QED) is 0.663. The molecule has 6 heteroatoms. The van der Waals surface area contributed by atoms with E-state index in [-0.39, 0.29) is 6.42 Å². The predicted octanol–water partition coefficient (Wildman–Crippen LogP) is 0.700. The Bertz CT molecular complexity index is 359. The molecular weight excluding hydrogens is 217 g/mol. The standard InChI is InChI=1S/C9H14NO4P/c1-14-8-4-2-7(3-5-8)6-9(10)15(11,12)13/h2-5,9H,6,10H2,1H3,(H2,11,12,13). The van der Waals surface area contributed by atoms with Gasteiger partial charge in [-0.3, -0.25) is 4.57 Å². The summed E-state index contributed by atoms with van der Waals surface area (Å²) in [5.74, 6) is -0.450. The summed E-state index contributed by atoms with van der Waals surface area (Å²) in [7, 11) is -2.64. The highest BCUT2D eigenvalue weighted by atomic mass is 31.2. The maximum absolute atomic E-state index is 10.8. The summed E-state index contributed by atoms with van der Waals surface area (Å²) < 4.78 is 15.8. The molecule has 15 heavy (non-hydrogen) atoms. The van der Waals surface area contributed by atoms with Gasteiger partial charge in [-0.25, -0.2) is 0 Å². The molecule has 0 saturated heterocycles. The molecule has 0 saturated carbocycles. The third-order valence-corrected chi connectivity index (χ3v) is 3.08. The lowest BCUT2D eigenvalue weighted by Gasteiger charge is -2.13. The lowest BCUT2D eigenvalue weighted by molar-refractivity contribution is 0.358. The van der Waals surface area contributed by atoms with E-state index in [1.165, 1.54) is 0 Å². The van der Waals surface area contributed by atoms with Gasteiger partial charge in [0.05, 0.1) is 7.11 Å². The zero-order valence-electron chi connectivity index (χ0n) is 8.33. The fraction of sp³-hybridized carbons (Fsp3) is 0.333.